The van der Waals surface area contributed by atoms with Crippen molar-refractivity contribution in [1.82, 2.24) is 5.32 Å². The van der Waals surface area contributed by atoms with Gasteiger partial charge in [0.25, 0.3) is 0 Å². The lowest BCUT2D eigenvalue weighted by Crippen LogP contribution is -2.33. The topological polar surface area (TPSA) is 59.6 Å². The van der Waals surface area contributed by atoms with Crippen LogP contribution in [0.3, 0.4) is 0 Å². The SMILES string of the molecule is Cc1ccc(OCCCCN=C(N)NCCC(C)C)cc1. The summed E-state index contributed by atoms with van der Waals surface area (Å²) in [5.41, 5.74) is 7.03. The van der Waals surface area contributed by atoms with Crippen molar-refractivity contribution in [2.24, 2.45) is 16.6 Å². The molecule has 1 aromatic carbocycles. The van der Waals surface area contributed by atoms with Gasteiger partial charge >= 0.3 is 0 Å². The fraction of sp³-hybridized carbons (Fsp3) is 0.588. The number of benzene rings is 1. The molecule has 0 atom stereocenters. The Labute approximate surface area is 128 Å². The molecule has 0 amide bonds. The molecule has 0 radical (unpaired) electrons. The van der Waals surface area contributed by atoms with Crippen LogP contribution in [0.15, 0.2) is 29.3 Å². The molecule has 0 aliphatic heterocycles. The Morgan fingerprint density at radius 2 is 1.95 bits per heavy atom. The molecular formula is C17H29N3O. The smallest absolute Gasteiger partial charge is 0.188 e. The number of guanidine groups is 1. The Bertz CT molecular complexity index is 413. The summed E-state index contributed by atoms with van der Waals surface area (Å²) in [7, 11) is 0. The molecule has 0 unspecified atom stereocenters. The molecule has 0 fully saturated rings. The Balaban J connectivity index is 2.04. The Kier molecular flexibility index (Phi) is 8.32. The summed E-state index contributed by atoms with van der Waals surface area (Å²) in [5, 5.41) is 3.13. The maximum atomic E-state index is 5.79. The molecule has 0 bridgehead atoms. The van der Waals surface area contributed by atoms with Crippen LogP contribution in [0.2, 0.25) is 0 Å². The number of unbranched alkanes of at least 4 members (excludes halogenated alkanes) is 1. The number of nitrogens with zero attached hydrogens (tertiary/aromatic N) is 1. The van der Waals surface area contributed by atoms with Crippen LogP contribution in [-0.4, -0.2) is 25.7 Å². The van der Waals surface area contributed by atoms with E-state index in [9.17, 15) is 0 Å². The molecule has 4 heteroatoms. The van der Waals surface area contributed by atoms with Crippen LogP contribution in [0.4, 0.5) is 0 Å². The summed E-state index contributed by atoms with van der Waals surface area (Å²) < 4.78 is 5.66. The van der Waals surface area contributed by atoms with Gasteiger partial charge in [-0.25, -0.2) is 0 Å². The van der Waals surface area contributed by atoms with Crippen molar-refractivity contribution in [3.05, 3.63) is 29.8 Å². The monoisotopic (exact) mass is 291 g/mol. The van der Waals surface area contributed by atoms with Gasteiger partial charge in [-0.05, 0) is 44.2 Å². The third-order valence-corrected chi connectivity index (χ3v) is 3.15. The molecule has 0 aliphatic carbocycles. The minimum Gasteiger partial charge on any atom is -0.494 e. The van der Waals surface area contributed by atoms with E-state index >= 15 is 0 Å². The van der Waals surface area contributed by atoms with Crippen LogP contribution < -0.4 is 15.8 Å². The molecule has 4 nitrogen and oxygen atoms in total. The summed E-state index contributed by atoms with van der Waals surface area (Å²) in [6, 6.07) is 8.13. The first kappa shape index (κ1) is 17.3. The first-order valence-electron chi connectivity index (χ1n) is 7.81. The number of ether oxygens (including phenoxy) is 1. The highest BCUT2D eigenvalue weighted by atomic mass is 16.5. The quantitative estimate of drug-likeness (QED) is 0.417. The van der Waals surface area contributed by atoms with Crippen molar-refractivity contribution in [3.63, 3.8) is 0 Å². The minimum absolute atomic E-state index is 0.551. The lowest BCUT2D eigenvalue weighted by molar-refractivity contribution is 0.308. The minimum atomic E-state index is 0.551. The third-order valence-electron chi connectivity index (χ3n) is 3.15. The second kappa shape index (κ2) is 10.1. The molecule has 0 saturated heterocycles. The Morgan fingerprint density at radius 1 is 1.24 bits per heavy atom. The lowest BCUT2D eigenvalue weighted by Gasteiger charge is -2.08. The van der Waals surface area contributed by atoms with Crippen LogP contribution >= 0.6 is 0 Å². The maximum Gasteiger partial charge on any atom is 0.188 e. The largest absolute Gasteiger partial charge is 0.494 e. The van der Waals surface area contributed by atoms with Crippen LogP contribution in [0.1, 0.15) is 38.7 Å². The van der Waals surface area contributed by atoms with Gasteiger partial charge in [0, 0.05) is 13.1 Å². The van der Waals surface area contributed by atoms with Crippen molar-refractivity contribution in [2.45, 2.75) is 40.0 Å². The van der Waals surface area contributed by atoms with Gasteiger partial charge in [0.2, 0.25) is 0 Å². The molecule has 1 aromatic rings. The van der Waals surface area contributed by atoms with Gasteiger partial charge in [-0.3, -0.25) is 4.99 Å². The van der Waals surface area contributed by atoms with Crippen molar-refractivity contribution >= 4 is 5.96 Å². The number of hydrogen-bond acceptors (Lipinski definition) is 2. The van der Waals surface area contributed by atoms with Gasteiger partial charge in [0.05, 0.1) is 6.61 Å². The Hall–Kier alpha value is -1.71. The van der Waals surface area contributed by atoms with Gasteiger partial charge in [0.15, 0.2) is 5.96 Å². The van der Waals surface area contributed by atoms with E-state index < -0.39 is 0 Å². The first-order chi connectivity index (χ1) is 10.1. The summed E-state index contributed by atoms with van der Waals surface area (Å²) in [4.78, 5) is 4.30. The van der Waals surface area contributed by atoms with Crippen LogP contribution in [0.5, 0.6) is 5.75 Å². The summed E-state index contributed by atoms with van der Waals surface area (Å²) in [5.74, 6) is 2.17. The fourth-order valence-electron chi connectivity index (χ4n) is 1.78. The summed E-state index contributed by atoms with van der Waals surface area (Å²) >= 11 is 0. The molecular weight excluding hydrogens is 262 g/mol. The molecule has 3 N–H and O–H groups in total. The summed E-state index contributed by atoms with van der Waals surface area (Å²) in [6.07, 6.45) is 3.08. The molecule has 0 aromatic heterocycles. The molecule has 0 spiro atoms. The van der Waals surface area contributed by atoms with Gasteiger partial charge in [-0.2, -0.15) is 0 Å². The number of nitrogens with two attached hydrogens (primary N) is 1. The van der Waals surface area contributed by atoms with E-state index in [2.05, 4.69) is 43.2 Å². The predicted molar refractivity (Wildman–Crippen MR) is 89.9 cm³/mol. The van der Waals surface area contributed by atoms with Crippen molar-refractivity contribution < 1.29 is 4.74 Å². The van der Waals surface area contributed by atoms with E-state index in [1.54, 1.807) is 0 Å². The molecule has 118 valence electrons. The molecule has 21 heavy (non-hydrogen) atoms. The van der Waals surface area contributed by atoms with Crippen molar-refractivity contribution in [3.8, 4) is 5.75 Å². The number of rotatable bonds is 9. The predicted octanol–water partition coefficient (Wildman–Crippen LogP) is 3.10. The molecule has 0 saturated carbocycles. The van der Waals surface area contributed by atoms with Crippen LogP contribution in [0, 0.1) is 12.8 Å². The van der Waals surface area contributed by atoms with E-state index in [0.29, 0.717) is 11.9 Å². The number of aliphatic imine (C=N–C) groups is 1. The van der Waals surface area contributed by atoms with E-state index in [-0.39, 0.29) is 0 Å². The van der Waals surface area contributed by atoms with Gasteiger partial charge in [0.1, 0.15) is 5.75 Å². The zero-order valence-corrected chi connectivity index (χ0v) is 13.6. The van der Waals surface area contributed by atoms with Crippen molar-refractivity contribution in [2.75, 3.05) is 19.7 Å². The maximum absolute atomic E-state index is 5.79. The van der Waals surface area contributed by atoms with Crippen LogP contribution in [-0.2, 0) is 0 Å². The Morgan fingerprint density at radius 3 is 2.62 bits per heavy atom. The average Bonchev–Trinajstić information content (AvgIpc) is 2.44. The van der Waals surface area contributed by atoms with E-state index in [1.807, 2.05) is 12.1 Å². The average molecular weight is 291 g/mol. The number of aryl methyl sites for hydroxylation is 1. The second-order valence-electron chi connectivity index (χ2n) is 5.74. The normalized spacial score (nSPS) is 11.7. The summed E-state index contributed by atoms with van der Waals surface area (Å²) in [6.45, 7) is 8.83. The van der Waals surface area contributed by atoms with Gasteiger partial charge in [-0.15, -0.1) is 0 Å². The fourth-order valence-corrected chi connectivity index (χ4v) is 1.78. The second-order valence-corrected chi connectivity index (χ2v) is 5.74. The number of nitrogens with one attached hydrogen (secondary N) is 1. The standard InChI is InChI=1S/C17H29N3O/c1-14(2)10-12-20-17(18)19-11-4-5-13-21-16-8-6-15(3)7-9-16/h6-9,14H,4-5,10-13H2,1-3H3,(H3,18,19,20). The molecule has 0 heterocycles. The molecule has 1 rings (SSSR count). The van der Waals surface area contributed by atoms with E-state index in [0.717, 1.165) is 44.7 Å². The highest BCUT2D eigenvalue weighted by molar-refractivity contribution is 5.77. The first-order valence-corrected chi connectivity index (χ1v) is 7.81. The van der Waals surface area contributed by atoms with Gasteiger partial charge < -0.3 is 15.8 Å². The third kappa shape index (κ3) is 8.95. The van der Waals surface area contributed by atoms with Crippen molar-refractivity contribution in [1.29, 1.82) is 0 Å². The lowest BCUT2D eigenvalue weighted by atomic mass is 10.1. The molecule has 0 aliphatic rings. The van der Waals surface area contributed by atoms with E-state index in [4.69, 9.17) is 10.5 Å². The highest BCUT2D eigenvalue weighted by Gasteiger charge is 1.96. The highest BCUT2D eigenvalue weighted by Crippen LogP contribution is 2.11. The zero-order chi connectivity index (χ0) is 15.5. The number of hydrogen-bond donors (Lipinski definition) is 2. The van der Waals surface area contributed by atoms with Crippen LogP contribution in [0.25, 0.3) is 0 Å². The van der Waals surface area contributed by atoms with Gasteiger partial charge in [-0.1, -0.05) is 31.5 Å². The zero-order valence-electron chi connectivity index (χ0n) is 13.6. The van der Waals surface area contributed by atoms with E-state index in [1.165, 1.54) is 5.56 Å².